The first-order valence-electron chi connectivity index (χ1n) is 7.00. The molecule has 0 heterocycles. The van der Waals surface area contributed by atoms with Gasteiger partial charge in [-0.05, 0) is 38.5 Å². The fourth-order valence-electron chi connectivity index (χ4n) is 1.80. The minimum atomic E-state index is -0.0000540. The summed E-state index contributed by atoms with van der Waals surface area (Å²) >= 11 is 0. The summed E-state index contributed by atoms with van der Waals surface area (Å²) in [5.41, 5.74) is 0.891. The number of phenols is 1. The van der Waals surface area contributed by atoms with E-state index in [9.17, 15) is 5.11 Å². The molecule has 0 saturated carbocycles. The Labute approximate surface area is 126 Å². The van der Waals surface area contributed by atoms with Crippen LogP contribution in [-0.4, -0.2) is 37.9 Å². The van der Waals surface area contributed by atoms with Crippen molar-refractivity contribution in [3.05, 3.63) is 17.7 Å². The Hall–Kier alpha value is -2.11. The molecule has 6 nitrogen and oxygen atoms in total. The number of ether oxygens (including phenoxy) is 2. The molecule has 0 aliphatic carbocycles. The van der Waals surface area contributed by atoms with Crippen LogP contribution in [0.15, 0.2) is 17.1 Å². The summed E-state index contributed by atoms with van der Waals surface area (Å²) in [6.07, 6.45) is 0. The number of aliphatic imine (C=N–C) groups is 1. The molecule has 0 fully saturated rings. The third kappa shape index (κ3) is 5.06. The van der Waals surface area contributed by atoms with Crippen LogP contribution < -0.4 is 20.1 Å². The molecule has 0 aliphatic heterocycles. The number of nitrogens with one attached hydrogen (secondary N) is 2. The van der Waals surface area contributed by atoms with E-state index < -0.39 is 0 Å². The van der Waals surface area contributed by atoms with Crippen molar-refractivity contribution in [3.63, 3.8) is 0 Å². The van der Waals surface area contributed by atoms with Crippen molar-refractivity contribution in [2.45, 2.75) is 33.4 Å². The first-order valence-corrected chi connectivity index (χ1v) is 7.00. The van der Waals surface area contributed by atoms with Gasteiger partial charge in [-0.25, -0.2) is 4.99 Å². The third-order valence-electron chi connectivity index (χ3n) is 2.73. The van der Waals surface area contributed by atoms with Gasteiger partial charge in [-0.3, -0.25) is 0 Å². The smallest absolute Gasteiger partial charge is 0.200 e. The van der Waals surface area contributed by atoms with Gasteiger partial charge in [0.25, 0.3) is 0 Å². The molecule has 0 radical (unpaired) electrons. The molecule has 0 aliphatic rings. The summed E-state index contributed by atoms with van der Waals surface area (Å²) in [6, 6.07) is 3.80. The van der Waals surface area contributed by atoms with E-state index >= 15 is 0 Å². The van der Waals surface area contributed by atoms with Crippen molar-refractivity contribution in [1.82, 2.24) is 10.6 Å². The molecule has 0 spiro atoms. The van der Waals surface area contributed by atoms with Crippen molar-refractivity contribution in [1.29, 1.82) is 0 Å². The van der Waals surface area contributed by atoms with E-state index in [4.69, 9.17) is 9.47 Å². The predicted octanol–water partition coefficient (Wildman–Crippen LogP) is 1.87. The van der Waals surface area contributed by atoms with Crippen molar-refractivity contribution >= 4 is 5.96 Å². The van der Waals surface area contributed by atoms with Crippen LogP contribution in [0, 0.1) is 0 Å². The fraction of sp³-hybridized carbons (Fsp3) is 0.533. The predicted molar refractivity (Wildman–Crippen MR) is 84.3 cm³/mol. The van der Waals surface area contributed by atoms with Crippen molar-refractivity contribution in [2.24, 2.45) is 4.99 Å². The SMILES string of the molecule is CCNC(=NCc1cc(OC)c(O)c(OC)c1)NC(C)C. The zero-order valence-corrected chi connectivity index (χ0v) is 13.4. The maximum absolute atomic E-state index is 9.88. The van der Waals surface area contributed by atoms with E-state index in [2.05, 4.69) is 29.5 Å². The van der Waals surface area contributed by atoms with Gasteiger partial charge in [0.05, 0.1) is 20.8 Å². The third-order valence-corrected chi connectivity index (χ3v) is 2.73. The first-order chi connectivity index (χ1) is 10.0. The Morgan fingerprint density at radius 2 is 1.81 bits per heavy atom. The lowest BCUT2D eigenvalue weighted by Crippen LogP contribution is -2.40. The molecule has 0 saturated heterocycles. The van der Waals surface area contributed by atoms with Gasteiger partial charge in [0.1, 0.15) is 0 Å². The second kappa shape index (κ2) is 8.24. The Morgan fingerprint density at radius 3 is 2.24 bits per heavy atom. The molecule has 1 aromatic rings. The number of hydrogen-bond donors (Lipinski definition) is 3. The fourth-order valence-corrected chi connectivity index (χ4v) is 1.80. The Morgan fingerprint density at radius 1 is 1.24 bits per heavy atom. The van der Waals surface area contributed by atoms with Crippen LogP contribution in [0.5, 0.6) is 17.2 Å². The average molecular weight is 295 g/mol. The molecule has 0 aromatic heterocycles. The highest BCUT2D eigenvalue weighted by molar-refractivity contribution is 5.80. The lowest BCUT2D eigenvalue weighted by atomic mass is 10.2. The highest BCUT2D eigenvalue weighted by atomic mass is 16.5. The van der Waals surface area contributed by atoms with Gasteiger partial charge in [0.2, 0.25) is 5.75 Å². The Kier molecular flexibility index (Phi) is 6.65. The largest absolute Gasteiger partial charge is 0.502 e. The molecular formula is C15H25N3O3. The maximum Gasteiger partial charge on any atom is 0.200 e. The van der Waals surface area contributed by atoms with Gasteiger partial charge in [0, 0.05) is 12.6 Å². The van der Waals surface area contributed by atoms with Gasteiger partial charge in [-0.1, -0.05) is 0 Å². The number of phenolic OH excluding ortho intramolecular Hbond substituents is 1. The molecule has 0 bridgehead atoms. The second-order valence-corrected chi connectivity index (χ2v) is 4.84. The summed E-state index contributed by atoms with van der Waals surface area (Å²) in [5, 5.41) is 16.3. The van der Waals surface area contributed by atoms with Gasteiger partial charge in [0.15, 0.2) is 17.5 Å². The number of methoxy groups -OCH3 is 2. The summed E-state index contributed by atoms with van der Waals surface area (Å²) < 4.78 is 10.3. The second-order valence-electron chi connectivity index (χ2n) is 4.84. The van der Waals surface area contributed by atoms with Crippen LogP contribution in [0.3, 0.4) is 0 Å². The van der Waals surface area contributed by atoms with Crippen LogP contribution >= 0.6 is 0 Å². The van der Waals surface area contributed by atoms with Gasteiger partial charge >= 0.3 is 0 Å². The molecule has 0 amide bonds. The number of nitrogens with zero attached hydrogens (tertiary/aromatic N) is 1. The van der Waals surface area contributed by atoms with Gasteiger partial charge in [-0.15, -0.1) is 0 Å². The van der Waals surface area contributed by atoms with Crippen LogP contribution in [0.2, 0.25) is 0 Å². The quantitative estimate of drug-likeness (QED) is 0.552. The topological polar surface area (TPSA) is 75.1 Å². The highest BCUT2D eigenvalue weighted by Crippen LogP contribution is 2.37. The Balaban J connectivity index is 2.95. The number of hydrogen-bond acceptors (Lipinski definition) is 4. The van der Waals surface area contributed by atoms with E-state index in [1.54, 1.807) is 12.1 Å². The molecule has 1 aromatic carbocycles. The Bertz CT molecular complexity index is 462. The number of guanidine groups is 1. The van der Waals surface area contributed by atoms with E-state index in [1.807, 2.05) is 6.92 Å². The van der Waals surface area contributed by atoms with E-state index in [0.717, 1.165) is 18.1 Å². The summed E-state index contributed by atoms with van der Waals surface area (Å²) in [4.78, 5) is 4.51. The summed E-state index contributed by atoms with van der Waals surface area (Å²) in [5.74, 6) is 1.50. The van der Waals surface area contributed by atoms with Crippen LogP contribution in [0.1, 0.15) is 26.3 Å². The minimum absolute atomic E-state index is 0.0000540. The molecular weight excluding hydrogens is 270 g/mol. The summed E-state index contributed by atoms with van der Waals surface area (Å²) in [7, 11) is 3.01. The van der Waals surface area contributed by atoms with Crippen LogP contribution in [-0.2, 0) is 6.54 Å². The average Bonchev–Trinajstić information content (AvgIpc) is 2.45. The molecule has 6 heteroatoms. The van der Waals surface area contributed by atoms with Crippen molar-refractivity contribution in [2.75, 3.05) is 20.8 Å². The molecule has 0 unspecified atom stereocenters. The van der Waals surface area contributed by atoms with Gasteiger partial charge < -0.3 is 25.2 Å². The molecule has 0 atom stereocenters. The summed E-state index contributed by atoms with van der Waals surface area (Å²) in [6.45, 7) is 7.37. The lowest BCUT2D eigenvalue weighted by molar-refractivity contribution is 0.339. The minimum Gasteiger partial charge on any atom is -0.502 e. The van der Waals surface area contributed by atoms with Crippen molar-refractivity contribution in [3.8, 4) is 17.2 Å². The van der Waals surface area contributed by atoms with E-state index in [-0.39, 0.29) is 5.75 Å². The van der Waals surface area contributed by atoms with Crippen LogP contribution in [0.4, 0.5) is 0 Å². The molecule has 1 rings (SSSR count). The van der Waals surface area contributed by atoms with Crippen molar-refractivity contribution < 1.29 is 14.6 Å². The standard InChI is InChI=1S/C15H25N3O3/c1-6-16-15(18-10(2)3)17-9-11-7-12(20-4)14(19)13(8-11)21-5/h7-8,10,19H,6,9H2,1-5H3,(H2,16,17,18). The van der Waals surface area contributed by atoms with Crippen LogP contribution in [0.25, 0.3) is 0 Å². The lowest BCUT2D eigenvalue weighted by Gasteiger charge is -2.14. The zero-order valence-electron chi connectivity index (χ0n) is 13.4. The van der Waals surface area contributed by atoms with Gasteiger partial charge in [-0.2, -0.15) is 0 Å². The monoisotopic (exact) mass is 295 g/mol. The zero-order chi connectivity index (χ0) is 15.8. The molecule has 21 heavy (non-hydrogen) atoms. The highest BCUT2D eigenvalue weighted by Gasteiger charge is 2.11. The number of benzene rings is 1. The van der Waals surface area contributed by atoms with E-state index in [0.29, 0.717) is 24.1 Å². The molecule has 118 valence electrons. The maximum atomic E-state index is 9.88. The molecule has 3 N–H and O–H groups in total. The van der Waals surface area contributed by atoms with E-state index in [1.165, 1.54) is 14.2 Å². The normalized spacial score (nSPS) is 11.4. The first kappa shape index (κ1) is 16.9. The number of aromatic hydroxyl groups is 1. The number of rotatable bonds is 6.